The number of benzene rings is 2. The first-order chi connectivity index (χ1) is 14.7. The molecule has 0 unspecified atom stereocenters. The number of carbonyl (C=O) groups is 2. The lowest BCUT2D eigenvalue weighted by molar-refractivity contribution is -0.137. The molecule has 0 aliphatic heterocycles. The number of alkyl halides is 3. The number of nitrogens with zero attached hydrogens (tertiary/aromatic N) is 1. The second kappa shape index (κ2) is 8.90. The number of hydrogen-bond acceptors (Lipinski definition) is 6. The number of rotatable bonds is 6. The zero-order chi connectivity index (χ0) is 22.6. The standard InChI is InChI=1S/C21H17F3N2O5/c1-29-12-7-8-15-13(9-12)18(10-17(25-15)20(28)30-2)31-11-19(27)26-16-6-4-3-5-14(16)21(22,23)24/h3-10H,11H2,1-2H3,(H,26,27). The molecule has 0 bridgehead atoms. The molecule has 0 aliphatic carbocycles. The van der Waals surface area contributed by atoms with Crippen molar-refractivity contribution in [1.29, 1.82) is 0 Å². The predicted molar refractivity (Wildman–Crippen MR) is 105 cm³/mol. The van der Waals surface area contributed by atoms with Crippen LogP contribution in [0.1, 0.15) is 16.1 Å². The number of methoxy groups -OCH3 is 2. The van der Waals surface area contributed by atoms with Crippen LogP contribution < -0.4 is 14.8 Å². The van der Waals surface area contributed by atoms with Crippen molar-refractivity contribution in [2.75, 3.05) is 26.1 Å². The number of anilines is 1. The van der Waals surface area contributed by atoms with Gasteiger partial charge in [-0.15, -0.1) is 0 Å². The largest absolute Gasteiger partial charge is 0.497 e. The van der Waals surface area contributed by atoms with E-state index in [1.54, 1.807) is 18.2 Å². The zero-order valence-corrected chi connectivity index (χ0v) is 16.4. The van der Waals surface area contributed by atoms with Crippen molar-refractivity contribution in [2.45, 2.75) is 6.18 Å². The molecule has 162 valence electrons. The first kappa shape index (κ1) is 21.9. The van der Waals surface area contributed by atoms with Crippen LogP contribution >= 0.6 is 0 Å². The van der Waals surface area contributed by atoms with Crippen LogP contribution in [0.4, 0.5) is 18.9 Å². The Labute approximate surface area is 174 Å². The van der Waals surface area contributed by atoms with Gasteiger partial charge in [0.1, 0.15) is 11.5 Å². The molecule has 0 aliphatic rings. The summed E-state index contributed by atoms with van der Waals surface area (Å²) in [4.78, 5) is 28.3. The highest BCUT2D eigenvalue weighted by Crippen LogP contribution is 2.34. The monoisotopic (exact) mass is 434 g/mol. The quantitative estimate of drug-likeness (QED) is 0.589. The number of fused-ring (bicyclic) bond motifs is 1. The van der Waals surface area contributed by atoms with E-state index in [0.29, 0.717) is 16.7 Å². The second-order valence-electron chi connectivity index (χ2n) is 6.26. The summed E-state index contributed by atoms with van der Waals surface area (Å²) in [5.41, 5.74) is -1.05. The van der Waals surface area contributed by atoms with Crippen molar-refractivity contribution in [3.63, 3.8) is 0 Å². The first-order valence-electron chi connectivity index (χ1n) is 8.89. The van der Waals surface area contributed by atoms with Crippen LogP contribution in [-0.4, -0.2) is 37.7 Å². The number of pyridine rings is 1. The van der Waals surface area contributed by atoms with E-state index in [4.69, 9.17) is 9.47 Å². The number of hydrogen-bond donors (Lipinski definition) is 1. The normalized spacial score (nSPS) is 11.1. The lowest BCUT2D eigenvalue weighted by Gasteiger charge is -2.14. The van der Waals surface area contributed by atoms with Crippen molar-refractivity contribution >= 4 is 28.5 Å². The van der Waals surface area contributed by atoms with E-state index in [0.717, 1.165) is 12.1 Å². The molecular weight excluding hydrogens is 417 g/mol. The van der Waals surface area contributed by atoms with Gasteiger partial charge in [-0.2, -0.15) is 13.2 Å². The minimum atomic E-state index is -4.63. The average Bonchev–Trinajstić information content (AvgIpc) is 2.75. The van der Waals surface area contributed by atoms with Gasteiger partial charge >= 0.3 is 12.1 Å². The van der Waals surface area contributed by atoms with Crippen LogP contribution in [0.2, 0.25) is 0 Å². The Hall–Kier alpha value is -3.82. The Morgan fingerprint density at radius 2 is 1.81 bits per heavy atom. The molecule has 2 aromatic carbocycles. The molecule has 3 rings (SSSR count). The fourth-order valence-corrected chi connectivity index (χ4v) is 2.80. The van der Waals surface area contributed by atoms with E-state index in [-0.39, 0.29) is 17.1 Å². The van der Waals surface area contributed by atoms with Gasteiger partial charge < -0.3 is 19.5 Å². The van der Waals surface area contributed by atoms with Gasteiger partial charge in [-0.25, -0.2) is 9.78 Å². The van der Waals surface area contributed by atoms with Crippen molar-refractivity contribution in [3.05, 3.63) is 59.8 Å². The maximum absolute atomic E-state index is 13.1. The van der Waals surface area contributed by atoms with Crippen molar-refractivity contribution in [1.82, 2.24) is 4.98 Å². The molecule has 31 heavy (non-hydrogen) atoms. The van der Waals surface area contributed by atoms with Crippen molar-refractivity contribution < 1.29 is 37.0 Å². The van der Waals surface area contributed by atoms with Crippen LogP contribution in [0, 0.1) is 0 Å². The van der Waals surface area contributed by atoms with E-state index in [1.807, 2.05) is 0 Å². The summed E-state index contributed by atoms with van der Waals surface area (Å²) in [6.45, 7) is -0.608. The molecule has 1 heterocycles. The van der Waals surface area contributed by atoms with Crippen LogP contribution in [0.25, 0.3) is 10.9 Å². The Bertz CT molecular complexity index is 1130. The van der Waals surface area contributed by atoms with E-state index in [1.165, 1.54) is 32.4 Å². The number of ether oxygens (including phenoxy) is 3. The topological polar surface area (TPSA) is 86.8 Å². The van der Waals surface area contributed by atoms with Gasteiger partial charge in [0.15, 0.2) is 12.3 Å². The summed E-state index contributed by atoms with van der Waals surface area (Å²) in [5.74, 6) is -0.938. The first-order valence-corrected chi connectivity index (χ1v) is 8.89. The van der Waals surface area contributed by atoms with E-state index in [9.17, 15) is 22.8 Å². The van der Waals surface area contributed by atoms with Gasteiger partial charge in [-0.1, -0.05) is 12.1 Å². The fraction of sp³-hybridized carbons (Fsp3) is 0.190. The fourth-order valence-electron chi connectivity index (χ4n) is 2.80. The number of para-hydroxylation sites is 1. The average molecular weight is 434 g/mol. The predicted octanol–water partition coefficient (Wildman–Crippen LogP) is 4.07. The van der Waals surface area contributed by atoms with Crippen LogP contribution in [0.5, 0.6) is 11.5 Å². The number of nitrogens with one attached hydrogen (secondary N) is 1. The third-order valence-corrected chi connectivity index (χ3v) is 4.24. The molecule has 1 amide bonds. The molecule has 0 radical (unpaired) electrons. The molecule has 0 fully saturated rings. The number of carbonyl (C=O) groups excluding carboxylic acids is 2. The summed E-state index contributed by atoms with van der Waals surface area (Å²) >= 11 is 0. The van der Waals surface area contributed by atoms with Crippen LogP contribution in [0.15, 0.2) is 48.5 Å². The second-order valence-corrected chi connectivity index (χ2v) is 6.26. The van der Waals surface area contributed by atoms with E-state index >= 15 is 0 Å². The van der Waals surface area contributed by atoms with Gasteiger partial charge in [-0.3, -0.25) is 4.79 Å². The Balaban J connectivity index is 1.86. The number of halogens is 3. The maximum Gasteiger partial charge on any atom is 0.418 e. The molecular formula is C21H17F3N2O5. The van der Waals surface area contributed by atoms with E-state index in [2.05, 4.69) is 15.0 Å². The minimum Gasteiger partial charge on any atom is -0.497 e. The van der Waals surface area contributed by atoms with Gasteiger partial charge in [0.2, 0.25) is 0 Å². The summed E-state index contributed by atoms with van der Waals surface area (Å²) in [6, 6.07) is 10.7. The molecule has 1 aromatic heterocycles. The molecule has 0 spiro atoms. The van der Waals surface area contributed by atoms with Gasteiger partial charge in [0, 0.05) is 11.5 Å². The van der Waals surface area contributed by atoms with Crippen LogP contribution in [-0.2, 0) is 15.7 Å². The van der Waals surface area contributed by atoms with Gasteiger partial charge in [0.05, 0.1) is 31.0 Å². The highest BCUT2D eigenvalue weighted by atomic mass is 19.4. The number of amides is 1. The summed E-state index contributed by atoms with van der Waals surface area (Å²) in [7, 11) is 2.65. The lowest BCUT2D eigenvalue weighted by atomic mass is 10.1. The molecule has 7 nitrogen and oxygen atoms in total. The third-order valence-electron chi connectivity index (χ3n) is 4.24. The Morgan fingerprint density at radius 3 is 2.48 bits per heavy atom. The Kier molecular flexibility index (Phi) is 6.28. The van der Waals surface area contributed by atoms with Crippen molar-refractivity contribution in [2.24, 2.45) is 0 Å². The number of esters is 1. The smallest absolute Gasteiger partial charge is 0.418 e. The highest BCUT2D eigenvalue weighted by Gasteiger charge is 2.33. The minimum absolute atomic E-state index is 0.0574. The third kappa shape index (κ3) is 5.03. The van der Waals surface area contributed by atoms with Crippen LogP contribution in [0.3, 0.4) is 0 Å². The SMILES string of the molecule is COC(=O)c1cc(OCC(=O)Nc2ccccc2C(F)(F)F)c2cc(OC)ccc2n1. The Morgan fingerprint density at radius 1 is 1.06 bits per heavy atom. The highest BCUT2D eigenvalue weighted by molar-refractivity contribution is 5.96. The summed E-state index contributed by atoms with van der Waals surface area (Å²) in [5, 5.41) is 2.63. The molecule has 10 heteroatoms. The van der Waals surface area contributed by atoms with Gasteiger partial charge in [-0.05, 0) is 30.3 Å². The maximum atomic E-state index is 13.1. The molecule has 1 N–H and O–H groups in total. The van der Waals surface area contributed by atoms with Crippen molar-refractivity contribution in [3.8, 4) is 11.5 Å². The molecule has 3 aromatic rings. The molecule has 0 atom stereocenters. The lowest BCUT2D eigenvalue weighted by Crippen LogP contribution is -2.22. The summed E-state index contributed by atoms with van der Waals surface area (Å²) in [6.07, 6.45) is -4.63. The summed E-state index contributed by atoms with van der Waals surface area (Å²) < 4.78 is 54.7. The number of aromatic nitrogens is 1. The van der Waals surface area contributed by atoms with Gasteiger partial charge in [0.25, 0.3) is 5.91 Å². The zero-order valence-electron chi connectivity index (χ0n) is 16.4. The molecule has 0 saturated carbocycles. The van der Waals surface area contributed by atoms with E-state index < -0.39 is 30.2 Å². The molecule has 0 saturated heterocycles.